The fraction of sp³-hybridized carbons (Fsp3) is 0.143. The van der Waals surface area contributed by atoms with E-state index in [1.54, 1.807) is 4.72 Å². The Morgan fingerprint density at radius 1 is 1.21 bits per heavy atom. The predicted molar refractivity (Wildman–Crippen MR) is 97.4 cm³/mol. The topological polar surface area (TPSA) is 180 Å². The SMILES string of the molecule is COC(=O)c1cc([N+](=O)[O-])ccc1S(=O)(=O)NC(=O)Nc1nc(Cl)cc(OC)n1. The van der Waals surface area contributed by atoms with Crippen LogP contribution in [0.2, 0.25) is 5.15 Å². The number of amides is 2. The number of aromatic nitrogens is 2. The van der Waals surface area contributed by atoms with Crippen molar-refractivity contribution in [3.8, 4) is 5.88 Å². The molecular formula is C14H12ClN5O8S. The van der Waals surface area contributed by atoms with E-state index >= 15 is 0 Å². The van der Waals surface area contributed by atoms with Crippen molar-refractivity contribution < 1.29 is 32.4 Å². The van der Waals surface area contributed by atoms with Crippen LogP contribution < -0.4 is 14.8 Å². The summed E-state index contributed by atoms with van der Waals surface area (Å²) in [5.41, 5.74) is -1.18. The number of urea groups is 1. The first kappa shape index (κ1) is 21.8. The lowest BCUT2D eigenvalue weighted by Gasteiger charge is -2.11. The van der Waals surface area contributed by atoms with E-state index in [0.717, 1.165) is 19.2 Å². The molecule has 0 bridgehead atoms. The van der Waals surface area contributed by atoms with Crippen LogP contribution in [-0.4, -0.2) is 49.5 Å². The monoisotopic (exact) mass is 445 g/mol. The highest BCUT2D eigenvalue weighted by atomic mass is 35.5. The molecule has 0 saturated heterocycles. The van der Waals surface area contributed by atoms with E-state index < -0.39 is 43.1 Å². The van der Waals surface area contributed by atoms with Gasteiger partial charge in [-0.05, 0) is 6.07 Å². The maximum Gasteiger partial charge on any atom is 0.339 e. The zero-order chi connectivity index (χ0) is 21.8. The predicted octanol–water partition coefficient (Wildman–Crippen LogP) is 1.34. The standard InChI is InChI=1S/C14H12ClN5O8S/c1-27-11-6-10(15)16-13(17-11)18-14(22)19-29(25,26)9-4-3-7(20(23)24)5-8(9)12(21)28-2/h3-6H,1-2H3,(H2,16,17,18,19,22). The van der Waals surface area contributed by atoms with Crippen LogP contribution in [0.4, 0.5) is 16.4 Å². The zero-order valence-electron chi connectivity index (χ0n) is 14.7. The maximum atomic E-state index is 12.5. The lowest BCUT2D eigenvalue weighted by molar-refractivity contribution is -0.384. The summed E-state index contributed by atoms with van der Waals surface area (Å²) < 4.78 is 35.9. The smallest absolute Gasteiger partial charge is 0.339 e. The van der Waals surface area contributed by atoms with Gasteiger partial charge in [-0.15, -0.1) is 0 Å². The van der Waals surface area contributed by atoms with Crippen molar-refractivity contribution in [2.24, 2.45) is 0 Å². The Morgan fingerprint density at radius 3 is 2.48 bits per heavy atom. The molecule has 0 aliphatic rings. The third-order valence-corrected chi connectivity index (χ3v) is 4.78. The van der Waals surface area contributed by atoms with Crippen molar-refractivity contribution in [1.29, 1.82) is 0 Å². The number of carbonyl (C=O) groups excluding carboxylic acids is 2. The number of carbonyl (C=O) groups is 2. The second-order valence-electron chi connectivity index (χ2n) is 5.05. The minimum atomic E-state index is -4.64. The van der Waals surface area contributed by atoms with E-state index in [-0.39, 0.29) is 17.0 Å². The molecule has 0 unspecified atom stereocenters. The third kappa shape index (κ3) is 5.26. The fourth-order valence-corrected chi connectivity index (χ4v) is 3.25. The molecule has 1 heterocycles. The van der Waals surface area contributed by atoms with Gasteiger partial charge in [-0.2, -0.15) is 4.98 Å². The molecule has 2 rings (SSSR count). The van der Waals surface area contributed by atoms with E-state index in [1.165, 1.54) is 13.2 Å². The summed E-state index contributed by atoms with van der Waals surface area (Å²) in [5, 5.41) is 12.8. The van der Waals surface area contributed by atoms with Gasteiger partial charge in [0.15, 0.2) is 0 Å². The quantitative estimate of drug-likeness (QED) is 0.285. The minimum absolute atomic E-state index is 0.00602. The summed E-state index contributed by atoms with van der Waals surface area (Å²) in [6, 6.07) is 2.32. The van der Waals surface area contributed by atoms with Crippen molar-refractivity contribution in [2.45, 2.75) is 4.90 Å². The van der Waals surface area contributed by atoms with E-state index in [2.05, 4.69) is 14.7 Å². The van der Waals surface area contributed by atoms with Gasteiger partial charge in [0, 0.05) is 18.2 Å². The third-order valence-electron chi connectivity index (χ3n) is 3.20. The summed E-state index contributed by atoms with van der Waals surface area (Å²) in [6.07, 6.45) is 0. The van der Waals surface area contributed by atoms with Crippen molar-refractivity contribution in [3.63, 3.8) is 0 Å². The van der Waals surface area contributed by atoms with Gasteiger partial charge in [0.1, 0.15) is 10.0 Å². The average Bonchev–Trinajstić information content (AvgIpc) is 2.65. The molecule has 2 amide bonds. The number of non-ortho nitro benzene ring substituents is 1. The molecule has 0 spiro atoms. The van der Waals surface area contributed by atoms with Crippen molar-refractivity contribution in [1.82, 2.24) is 14.7 Å². The molecule has 0 aliphatic carbocycles. The second kappa shape index (κ2) is 8.66. The number of halogens is 1. The first-order chi connectivity index (χ1) is 13.6. The Bertz CT molecular complexity index is 1090. The van der Waals surface area contributed by atoms with Gasteiger partial charge in [-0.25, -0.2) is 27.7 Å². The number of sulfonamides is 1. The molecule has 2 N–H and O–H groups in total. The van der Waals surface area contributed by atoms with Crippen molar-refractivity contribution in [3.05, 3.63) is 45.1 Å². The highest BCUT2D eigenvalue weighted by Crippen LogP contribution is 2.23. The summed E-state index contributed by atoms with van der Waals surface area (Å²) in [5.74, 6) is -1.51. The summed E-state index contributed by atoms with van der Waals surface area (Å²) in [7, 11) is -2.39. The Hall–Kier alpha value is -3.52. The molecule has 15 heteroatoms. The number of hydrogen-bond acceptors (Lipinski definition) is 10. The maximum absolute atomic E-state index is 12.5. The second-order valence-corrected chi connectivity index (χ2v) is 7.08. The molecule has 2 aromatic rings. The number of rotatable bonds is 6. The molecule has 0 fully saturated rings. The molecule has 0 saturated carbocycles. The number of nitro groups is 1. The van der Waals surface area contributed by atoms with Gasteiger partial charge in [-0.1, -0.05) is 11.6 Å². The normalized spacial score (nSPS) is 10.7. The van der Waals surface area contributed by atoms with Crippen LogP contribution in [0, 0.1) is 10.1 Å². The molecule has 0 radical (unpaired) electrons. The van der Waals surface area contributed by atoms with Gasteiger partial charge >= 0.3 is 12.0 Å². The lowest BCUT2D eigenvalue weighted by atomic mass is 10.2. The molecule has 1 aromatic carbocycles. The van der Waals surface area contributed by atoms with Crippen LogP contribution in [0.25, 0.3) is 0 Å². The van der Waals surface area contributed by atoms with Crippen LogP contribution in [0.1, 0.15) is 10.4 Å². The Morgan fingerprint density at radius 2 is 1.90 bits per heavy atom. The van der Waals surface area contributed by atoms with Crippen molar-refractivity contribution >= 4 is 45.3 Å². The first-order valence-electron chi connectivity index (χ1n) is 7.36. The number of ether oxygens (including phenoxy) is 2. The Kier molecular flexibility index (Phi) is 6.50. The van der Waals surface area contributed by atoms with Crippen molar-refractivity contribution in [2.75, 3.05) is 19.5 Å². The van der Waals surface area contributed by atoms with E-state index in [9.17, 15) is 28.1 Å². The fourth-order valence-electron chi connectivity index (χ4n) is 2.00. The molecule has 154 valence electrons. The summed E-state index contributed by atoms with van der Waals surface area (Å²) in [6.45, 7) is 0. The van der Waals surface area contributed by atoms with Crippen LogP contribution in [0.15, 0.2) is 29.2 Å². The van der Waals surface area contributed by atoms with Gasteiger partial charge in [0.05, 0.1) is 24.7 Å². The average molecular weight is 446 g/mol. The Balaban J connectivity index is 2.33. The number of nitrogens with one attached hydrogen (secondary N) is 2. The molecule has 0 aliphatic heterocycles. The van der Waals surface area contributed by atoms with Gasteiger partial charge < -0.3 is 9.47 Å². The van der Waals surface area contributed by atoms with E-state index in [0.29, 0.717) is 6.07 Å². The van der Waals surface area contributed by atoms with Gasteiger partial charge in [0.25, 0.3) is 15.7 Å². The number of methoxy groups -OCH3 is 2. The highest BCUT2D eigenvalue weighted by molar-refractivity contribution is 7.90. The van der Waals surface area contributed by atoms with Crippen LogP contribution in [0.5, 0.6) is 5.88 Å². The van der Waals surface area contributed by atoms with Crippen LogP contribution in [-0.2, 0) is 14.8 Å². The highest BCUT2D eigenvalue weighted by Gasteiger charge is 2.27. The molecular weight excluding hydrogens is 434 g/mol. The first-order valence-corrected chi connectivity index (χ1v) is 9.22. The summed E-state index contributed by atoms with van der Waals surface area (Å²) >= 11 is 5.73. The number of esters is 1. The van der Waals surface area contributed by atoms with Crippen LogP contribution in [0.3, 0.4) is 0 Å². The number of nitro benzene ring substituents is 1. The number of anilines is 1. The van der Waals surface area contributed by atoms with Gasteiger partial charge in [-0.3, -0.25) is 15.4 Å². The zero-order valence-corrected chi connectivity index (χ0v) is 16.3. The molecule has 29 heavy (non-hydrogen) atoms. The number of nitrogens with zero attached hydrogens (tertiary/aromatic N) is 3. The minimum Gasteiger partial charge on any atom is -0.481 e. The van der Waals surface area contributed by atoms with E-state index in [4.69, 9.17) is 16.3 Å². The van der Waals surface area contributed by atoms with E-state index in [1.807, 2.05) is 5.32 Å². The van der Waals surface area contributed by atoms with Crippen LogP contribution >= 0.6 is 11.6 Å². The molecule has 13 nitrogen and oxygen atoms in total. The number of hydrogen-bond donors (Lipinski definition) is 2. The number of benzene rings is 1. The molecule has 0 atom stereocenters. The molecule has 1 aromatic heterocycles. The summed E-state index contributed by atoms with van der Waals surface area (Å²) in [4.78, 5) is 40.7. The van der Waals surface area contributed by atoms with Gasteiger partial charge in [0.2, 0.25) is 11.8 Å². The largest absolute Gasteiger partial charge is 0.481 e. The lowest BCUT2D eigenvalue weighted by Crippen LogP contribution is -2.35. The Labute approximate surface area is 168 Å².